The smallest absolute Gasteiger partial charge is 0.241 e. The zero-order chi connectivity index (χ0) is 13.4. The van der Waals surface area contributed by atoms with Gasteiger partial charge in [-0.15, -0.1) is 5.10 Å². The number of nitrogens with zero attached hydrogens (tertiary/aromatic N) is 4. The Labute approximate surface area is 108 Å². The van der Waals surface area contributed by atoms with Crippen molar-refractivity contribution in [3.8, 4) is 0 Å². The van der Waals surface area contributed by atoms with Gasteiger partial charge in [0.1, 0.15) is 6.54 Å². The molecule has 0 aliphatic rings. The second kappa shape index (κ2) is 7.81. The molecular formula is C12H23N5O. The topological polar surface area (TPSA) is 63.1 Å². The van der Waals surface area contributed by atoms with Crippen LogP contribution in [-0.2, 0) is 11.3 Å². The maximum absolute atomic E-state index is 11.6. The van der Waals surface area contributed by atoms with Gasteiger partial charge in [-0.1, -0.05) is 19.1 Å². The highest BCUT2D eigenvalue weighted by Gasteiger charge is 2.05. The Morgan fingerprint density at radius 3 is 2.72 bits per heavy atom. The quantitative estimate of drug-likeness (QED) is 0.683. The van der Waals surface area contributed by atoms with Crippen LogP contribution >= 0.6 is 0 Å². The minimum atomic E-state index is -0.0110. The molecule has 0 aromatic carbocycles. The van der Waals surface area contributed by atoms with Gasteiger partial charge in [-0.05, 0) is 33.0 Å². The maximum Gasteiger partial charge on any atom is 0.241 e. The number of nitrogens with one attached hydrogen (secondary N) is 1. The number of aryl methyl sites for hydroxylation is 1. The Morgan fingerprint density at radius 1 is 1.44 bits per heavy atom. The van der Waals surface area contributed by atoms with Gasteiger partial charge < -0.3 is 10.2 Å². The van der Waals surface area contributed by atoms with E-state index in [0.29, 0.717) is 6.54 Å². The Hall–Kier alpha value is -1.43. The third kappa shape index (κ3) is 4.83. The average molecular weight is 253 g/mol. The van der Waals surface area contributed by atoms with Crippen molar-refractivity contribution in [2.24, 2.45) is 0 Å². The van der Waals surface area contributed by atoms with Gasteiger partial charge in [-0.3, -0.25) is 4.79 Å². The summed E-state index contributed by atoms with van der Waals surface area (Å²) in [5.41, 5.74) is 0.897. The summed E-state index contributed by atoms with van der Waals surface area (Å²) in [6.45, 7) is 10.3. The molecule has 1 rings (SSSR count). The molecule has 0 radical (unpaired) electrons. The second-order valence-corrected chi connectivity index (χ2v) is 4.26. The number of hydrogen-bond donors (Lipinski definition) is 1. The van der Waals surface area contributed by atoms with Crippen LogP contribution in [0.15, 0.2) is 6.20 Å². The van der Waals surface area contributed by atoms with Gasteiger partial charge in [-0.25, -0.2) is 4.68 Å². The van der Waals surface area contributed by atoms with Crippen LogP contribution in [0.2, 0.25) is 0 Å². The van der Waals surface area contributed by atoms with Crippen LogP contribution < -0.4 is 5.32 Å². The summed E-state index contributed by atoms with van der Waals surface area (Å²) in [6.07, 6.45) is 2.62. The lowest BCUT2D eigenvalue weighted by Gasteiger charge is -2.17. The highest BCUT2D eigenvalue weighted by Crippen LogP contribution is 1.93. The van der Waals surface area contributed by atoms with Crippen LogP contribution in [0.1, 0.15) is 26.0 Å². The Bertz CT molecular complexity index is 359. The molecule has 102 valence electrons. The van der Waals surface area contributed by atoms with E-state index >= 15 is 0 Å². The van der Waals surface area contributed by atoms with E-state index in [4.69, 9.17) is 0 Å². The second-order valence-electron chi connectivity index (χ2n) is 4.26. The molecule has 6 heteroatoms. The lowest BCUT2D eigenvalue weighted by Crippen LogP contribution is -2.32. The number of aromatic nitrogens is 3. The first-order valence-corrected chi connectivity index (χ1v) is 6.51. The van der Waals surface area contributed by atoms with Gasteiger partial charge in [0, 0.05) is 6.54 Å². The summed E-state index contributed by atoms with van der Waals surface area (Å²) in [7, 11) is 0. The molecule has 18 heavy (non-hydrogen) atoms. The van der Waals surface area contributed by atoms with Gasteiger partial charge >= 0.3 is 0 Å². The molecule has 0 unspecified atom stereocenters. The maximum atomic E-state index is 11.6. The van der Waals surface area contributed by atoms with Crippen molar-refractivity contribution in [2.75, 3.05) is 26.2 Å². The fraction of sp³-hybridized carbons (Fsp3) is 0.750. The standard InChI is InChI=1S/C12H23N5O/c1-4-16(5-2)8-6-7-13-12(18)10-17-11(3)9-14-15-17/h9H,4-8,10H2,1-3H3,(H,13,18). The van der Waals surface area contributed by atoms with E-state index in [1.807, 2.05) is 6.92 Å². The average Bonchev–Trinajstić information content (AvgIpc) is 2.75. The van der Waals surface area contributed by atoms with Gasteiger partial charge in [0.05, 0.1) is 11.9 Å². The van der Waals surface area contributed by atoms with Crippen molar-refractivity contribution >= 4 is 5.91 Å². The van der Waals surface area contributed by atoms with Gasteiger partial charge in [0.2, 0.25) is 5.91 Å². The van der Waals surface area contributed by atoms with Crippen LogP contribution in [0.3, 0.4) is 0 Å². The number of amides is 1. The van der Waals surface area contributed by atoms with E-state index < -0.39 is 0 Å². The van der Waals surface area contributed by atoms with E-state index in [-0.39, 0.29) is 12.5 Å². The van der Waals surface area contributed by atoms with Crippen molar-refractivity contribution in [1.82, 2.24) is 25.2 Å². The fourth-order valence-electron chi connectivity index (χ4n) is 1.73. The number of carbonyl (C=O) groups is 1. The highest BCUT2D eigenvalue weighted by atomic mass is 16.2. The number of hydrogen-bond acceptors (Lipinski definition) is 4. The zero-order valence-corrected chi connectivity index (χ0v) is 11.5. The molecule has 1 amide bonds. The molecule has 0 aliphatic carbocycles. The monoisotopic (exact) mass is 253 g/mol. The molecule has 0 saturated heterocycles. The van der Waals surface area contributed by atoms with Gasteiger partial charge in [-0.2, -0.15) is 0 Å². The van der Waals surface area contributed by atoms with Crippen molar-refractivity contribution in [3.63, 3.8) is 0 Å². The van der Waals surface area contributed by atoms with Crippen LogP contribution in [0.4, 0.5) is 0 Å². The summed E-state index contributed by atoms with van der Waals surface area (Å²) in [5.74, 6) is -0.0110. The molecule has 0 bridgehead atoms. The summed E-state index contributed by atoms with van der Waals surface area (Å²) in [5, 5.41) is 10.5. The van der Waals surface area contributed by atoms with Crippen molar-refractivity contribution in [2.45, 2.75) is 33.7 Å². The molecule has 0 aliphatic heterocycles. The molecule has 0 fully saturated rings. The summed E-state index contributed by atoms with van der Waals surface area (Å²) in [4.78, 5) is 14.0. The first-order chi connectivity index (χ1) is 8.67. The largest absolute Gasteiger partial charge is 0.354 e. The minimum Gasteiger partial charge on any atom is -0.354 e. The van der Waals surface area contributed by atoms with Crippen molar-refractivity contribution in [1.29, 1.82) is 0 Å². The summed E-state index contributed by atoms with van der Waals surface area (Å²) < 4.78 is 1.60. The van der Waals surface area contributed by atoms with Crippen LogP contribution in [0.5, 0.6) is 0 Å². The molecule has 1 N–H and O–H groups in total. The Kier molecular flexibility index (Phi) is 6.35. The molecule has 1 aromatic rings. The first-order valence-electron chi connectivity index (χ1n) is 6.51. The van der Waals surface area contributed by atoms with Crippen LogP contribution in [-0.4, -0.2) is 52.0 Å². The highest BCUT2D eigenvalue weighted by molar-refractivity contribution is 5.75. The van der Waals surface area contributed by atoms with Gasteiger partial charge in [0.15, 0.2) is 0 Å². The summed E-state index contributed by atoms with van der Waals surface area (Å²) in [6, 6.07) is 0. The number of rotatable bonds is 8. The third-order valence-electron chi connectivity index (χ3n) is 2.97. The van der Waals surface area contributed by atoms with E-state index in [9.17, 15) is 4.79 Å². The Balaban J connectivity index is 2.16. The van der Waals surface area contributed by atoms with Gasteiger partial charge in [0.25, 0.3) is 0 Å². The fourth-order valence-corrected chi connectivity index (χ4v) is 1.73. The lowest BCUT2D eigenvalue weighted by molar-refractivity contribution is -0.121. The first kappa shape index (κ1) is 14.6. The van der Waals surface area contributed by atoms with E-state index in [0.717, 1.165) is 31.7 Å². The SMILES string of the molecule is CCN(CC)CCCNC(=O)Cn1nncc1C. The van der Waals surface area contributed by atoms with E-state index in [2.05, 4.69) is 34.4 Å². The summed E-state index contributed by atoms with van der Waals surface area (Å²) >= 11 is 0. The molecule has 1 aromatic heterocycles. The Morgan fingerprint density at radius 2 is 2.17 bits per heavy atom. The predicted molar refractivity (Wildman–Crippen MR) is 70.2 cm³/mol. The van der Waals surface area contributed by atoms with Crippen molar-refractivity contribution in [3.05, 3.63) is 11.9 Å². The molecule has 0 atom stereocenters. The van der Waals surface area contributed by atoms with E-state index in [1.54, 1.807) is 10.9 Å². The molecule has 1 heterocycles. The molecule has 0 saturated carbocycles. The molecular weight excluding hydrogens is 230 g/mol. The minimum absolute atomic E-state index is 0.0110. The van der Waals surface area contributed by atoms with Crippen molar-refractivity contribution < 1.29 is 4.79 Å². The zero-order valence-electron chi connectivity index (χ0n) is 11.5. The van der Waals surface area contributed by atoms with Crippen LogP contribution in [0, 0.1) is 6.92 Å². The third-order valence-corrected chi connectivity index (χ3v) is 2.97. The predicted octanol–water partition coefficient (Wildman–Crippen LogP) is 0.435. The lowest BCUT2D eigenvalue weighted by atomic mass is 10.3. The van der Waals surface area contributed by atoms with E-state index in [1.165, 1.54) is 0 Å². The normalized spacial score (nSPS) is 10.9. The number of carbonyl (C=O) groups excluding carboxylic acids is 1. The molecule has 6 nitrogen and oxygen atoms in total. The van der Waals surface area contributed by atoms with Crippen LogP contribution in [0.25, 0.3) is 0 Å². The molecule has 0 spiro atoms.